The molecule has 3 aliphatic rings. The molecular formula is C31H46ClN6O11P. The zero-order chi connectivity index (χ0) is 36.6. The molecule has 50 heavy (non-hydrogen) atoms. The van der Waals surface area contributed by atoms with Crippen molar-refractivity contribution in [3.05, 3.63) is 11.5 Å². The van der Waals surface area contributed by atoms with Gasteiger partial charge in [-0.2, -0.15) is 15.1 Å². The highest BCUT2D eigenvalue weighted by atomic mass is 35.5. The number of halogens is 1. The fraction of sp³-hybridized carbons (Fsp3) is 0.742. The van der Waals surface area contributed by atoms with Crippen molar-refractivity contribution in [3.63, 3.8) is 0 Å². The summed E-state index contributed by atoms with van der Waals surface area (Å²) in [5.41, 5.74) is -1.40. The fourth-order valence-corrected chi connectivity index (χ4v) is 7.98. The molecule has 7 atom stereocenters. The molecule has 1 amide bonds. The van der Waals surface area contributed by atoms with Gasteiger partial charge in [-0.15, -0.1) is 0 Å². The zero-order valence-corrected chi connectivity index (χ0v) is 30.9. The van der Waals surface area contributed by atoms with Crippen LogP contribution in [0.1, 0.15) is 80.4 Å². The van der Waals surface area contributed by atoms with Crippen LogP contribution in [0.2, 0.25) is 5.28 Å². The van der Waals surface area contributed by atoms with Gasteiger partial charge in [-0.1, -0.05) is 0 Å². The van der Waals surface area contributed by atoms with Gasteiger partial charge in [-0.05, 0) is 91.7 Å². The number of carbonyl (C=O) groups is 2. The average molecular weight is 745 g/mol. The summed E-state index contributed by atoms with van der Waals surface area (Å²) >= 11 is 6.51. The standard InChI is InChI=1S/C31H46ClN6O11P/c1-8-43-27(40)23(33)50(42,44-9-2)45-13-12-17-10-11-18(14-17)37(29(41)49-30(3,4)5)24-19-15-34-38(25(19)36-28(32)35-24)26-22-21(20(16-39)46-26)47-31(6,7)48-22/h15,17-18,20-22,26,33,39H,8-14,16H2,1-7H3/t17?,18?,20-,21-,22-,26-,50?/m1/s1. The van der Waals surface area contributed by atoms with E-state index in [-0.39, 0.29) is 55.1 Å². The molecule has 5 rings (SSSR count). The second kappa shape index (κ2) is 15.1. The molecule has 3 fully saturated rings. The molecule has 2 saturated heterocycles. The highest BCUT2D eigenvalue weighted by Crippen LogP contribution is 2.50. The van der Waals surface area contributed by atoms with E-state index in [1.54, 1.807) is 48.5 Å². The molecule has 2 aliphatic heterocycles. The first-order valence-electron chi connectivity index (χ1n) is 16.7. The van der Waals surface area contributed by atoms with Gasteiger partial charge < -0.3 is 37.8 Å². The Morgan fingerprint density at radius 1 is 1.16 bits per heavy atom. The number of ether oxygens (including phenoxy) is 5. The average Bonchev–Trinajstić information content (AvgIpc) is 3.79. The summed E-state index contributed by atoms with van der Waals surface area (Å²) in [7, 11) is -4.19. The maximum Gasteiger partial charge on any atom is 0.416 e. The Balaban J connectivity index is 1.40. The first kappa shape index (κ1) is 38.5. The number of aromatic nitrogens is 4. The summed E-state index contributed by atoms with van der Waals surface area (Å²) < 4.78 is 54.5. The van der Waals surface area contributed by atoms with Crippen LogP contribution in [0.4, 0.5) is 10.6 Å². The Bertz CT molecular complexity index is 1630. The number of nitrogens with one attached hydrogen (secondary N) is 1. The molecule has 0 bridgehead atoms. The minimum atomic E-state index is -4.19. The minimum absolute atomic E-state index is 0.00872. The Labute approximate surface area is 295 Å². The summed E-state index contributed by atoms with van der Waals surface area (Å²) in [6.45, 7) is 11.6. The van der Waals surface area contributed by atoms with Crippen LogP contribution < -0.4 is 4.90 Å². The third-order valence-corrected chi connectivity index (χ3v) is 10.5. The number of aliphatic hydroxyl groups is 1. The maximum absolute atomic E-state index is 13.9. The van der Waals surface area contributed by atoms with Gasteiger partial charge >= 0.3 is 19.7 Å². The normalized spacial score (nSPS) is 27.2. The summed E-state index contributed by atoms with van der Waals surface area (Å²) in [6.07, 6.45) is 0.393. The van der Waals surface area contributed by atoms with Crippen molar-refractivity contribution < 1.29 is 52.0 Å². The summed E-state index contributed by atoms with van der Waals surface area (Å²) in [5.74, 6) is -1.76. The van der Waals surface area contributed by atoms with Crippen molar-refractivity contribution in [1.82, 2.24) is 19.7 Å². The molecule has 0 aromatic carbocycles. The molecule has 278 valence electrons. The van der Waals surface area contributed by atoms with Crippen LogP contribution in [0.5, 0.6) is 0 Å². The third-order valence-electron chi connectivity index (χ3n) is 8.48. The summed E-state index contributed by atoms with van der Waals surface area (Å²) in [4.78, 5) is 36.5. The maximum atomic E-state index is 13.9. The first-order valence-corrected chi connectivity index (χ1v) is 18.6. The number of anilines is 1. The lowest BCUT2D eigenvalue weighted by Crippen LogP contribution is -2.43. The lowest BCUT2D eigenvalue weighted by Gasteiger charge is -2.31. The number of hydrogen-bond acceptors (Lipinski definition) is 15. The van der Waals surface area contributed by atoms with E-state index in [1.807, 2.05) is 0 Å². The molecule has 17 nitrogen and oxygen atoms in total. The third kappa shape index (κ3) is 8.15. The SMILES string of the molecule is CCOC(=O)C(=N)P(=O)(OCC)OCCC1CCC(N(C(=O)OC(C)(C)C)c2nc(Cl)nc3c2cnn3[C@@H]2O[C@H](CO)[C@H]3OC(C)(C)O[C@H]32)C1. The molecule has 4 heterocycles. The number of rotatable bonds is 13. The first-order chi connectivity index (χ1) is 23.5. The highest BCUT2D eigenvalue weighted by Gasteiger charge is 2.56. The molecular weight excluding hydrogens is 699 g/mol. The monoisotopic (exact) mass is 744 g/mol. The lowest BCUT2D eigenvalue weighted by molar-refractivity contribution is -0.201. The summed E-state index contributed by atoms with van der Waals surface area (Å²) in [5, 5.41) is 22.9. The fourth-order valence-electron chi connectivity index (χ4n) is 6.51. The predicted octanol–water partition coefficient (Wildman–Crippen LogP) is 4.98. The van der Waals surface area contributed by atoms with Crippen LogP contribution in [0, 0.1) is 11.3 Å². The van der Waals surface area contributed by atoms with E-state index in [0.29, 0.717) is 31.1 Å². The Morgan fingerprint density at radius 2 is 1.88 bits per heavy atom. The molecule has 0 spiro atoms. The van der Waals surface area contributed by atoms with E-state index in [2.05, 4.69) is 15.1 Å². The van der Waals surface area contributed by atoms with Crippen molar-refractivity contribution in [3.8, 4) is 0 Å². The Kier molecular flexibility index (Phi) is 11.6. The largest absolute Gasteiger partial charge is 0.461 e. The van der Waals surface area contributed by atoms with E-state index in [0.717, 1.165) is 0 Å². The number of amides is 1. The van der Waals surface area contributed by atoms with E-state index >= 15 is 0 Å². The molecule has 0 radical (unpaired) electrons. The van der Waals surface area contributed by atoms with E-state index in [1.165, 1.54) is 15.8 Å². The molecule has 3 unspecified atom stereocenters. The van der Waals surface area contributed by atoms with Gasteiger partial charge in [-0.25, -0.2) is 14.3 Å². The van der Waals surface area contributed by atoms with Crippen LogP contribution in [0.3, 0.4) is 0 Å². The van der Waals surface area contributed by atoms with Crippen molar-refractivity contribution in [2.24, 2.45) is 5.92 Å². The zero-order valence-electron chi connectivity index (χ0n) is 29.3. The molecule has 2 N–H and O–H groups in total. The van der Waals surface area contributed by atoms with Crippen LogP contribution in [0.15, 0.2) is 6.20 Å². The van der Waals surface area contributed by atoms with E-state index in [9.17, 15) is 19.3 Å². The van der Waals surface area contributed by atoms with E-state index < -0.39 is 61.0 Å². The van der Waals surface area contributed by atoms with Gasteiger partial charge in [0.1, 0.15) is 23.9 Å². The number of hydrogen-bond donors (Lipinski definition) is 2. The van der Waals surface area contributed by atoms with Crippen LogP contribution >= 0.6 is 19.2 Å². The van der Waals surface area contributed by atoms with Gasteiger partial charge in [0.05, 0.1) is 38.0 Å². The molecule has 19 heteroatoms. The number of carbonyl (C=O) groups excluding carboxylic acids is 2. The minimum Gasteiger partial charge on any atom is -0.461 e. The topological polar surface area (TPSA) is 207 Å². The lowest BCUT2D eigenvalue weighted by atomic mass is 10.0. The number of nitrogens with zero attached hydrogens (tertiary/aromatic N) is 5. The summed E-state index contributed by atoms with van der Waals surface area (Å²) in [6, 6.07) is -0.387. The molecule has 2 aromatic heterocycles. The van der Waals surface area contributed by atoms with Gasteiger partial charge in [0.25, 0.3) is 0 Å². The highest BCUT2D eigenvalue weighted by molar-refractivity contribution is 7.75. The molecule has 1 aliphatic carbocycles. The quantitative estimate of drug-likeness (QED) is 0.120. The van der Waals surface area contributed by atoms with Crippen LogP contribution in [-0.4, -0.2) is 105 Å². The van der Waals surface area contributed by atoms with Crippen molar-refractivity contribution >= 4 is 53.6 Å². The van der Waals surface area contributed by atoms with Crippen molar-refractivity contribution in [1.29, 1.82) is 5.41 Å². The van der Waals surface area contributed by atoms with Gasteiger partial charge in [0.2, 0.25) is 10.7 Å². The van der Waals surface area contributed by atoms with Crippen molar-refractivity contribution in [2.45, 2.75) is 116 Å². The van der Waals surface area contributed by atoms with Gasteiger partial charge in [0.15, 0.2) is 23.5 Å². The Hall–Kier alpha value is -2.76. The molecule has 1 saturated carbocycles. The molecule has 2 aromatic rings. The van der Waals surface area contributed by atoms with Crippen LogP contribution in [-0.2, 0) is 42.1 Å². The number of fused-ring (bicyclic) bond motifs is 2. The van der Waals surface area contributed by atoms with E-state index in [4.69, 9.17) is 49.7 Å². The van der Waals surface area contributed by atoms with Crippen LogP contribution in [0.25, 0.3) is 11.0 Å². The Morgan fingerprint density at radius 3 is 2.54 bits per heavy atom. The smallest absolute Gasteiger partial charge is 0.416 e. The second-order valence-corrected chi connectivity index (χ2v) is 16.0. The van der Waals surface area contributed by atoms with Crippen molar-refractivity contribution in [2.75, 3.05) is 31.3 Å². The van der Waals surface area contributed by atoms with Gasteiger partial charge in [-0.3, -0.25) is 14.9 Å². The number of esters is 1. The second-order valence-electron chi connectivity index (χ2n) is 13.7. The number of aliphatic hydroxyl groups excluding tert-OH is 1. The predicted molar refractivity (Wildman–Crippen MR) is 179 cm³/mol. The van der Waals surface area contributed by atoms with Gasteiger partial charge in [0, 0.05) is 6.04 Å².